The quantitative estimate of drug-likeness (QED) is 0.356. The molecule has 32 heavy (non-hydrogen) atoms. The van der Waals surface area contributed by atoms with Crippen LogP contribution in [0.5, 0.6) is 0 Å². The third-order valence-electron chi connectivity index (χ3n) is 4.84. The van der Waals surface area contributed by atoms with E-state index in [-0.39, 0.29) is 5.69 Å². The minimum Gasteiger partial charge on any atom is -0.468 e. The first-order chi connectivity index (χ1) is 15.0. The fourth-order valence-corrected chi connectivity index (χ4v) is 3.36. The number of carbonyl (C=O) groups is 2. The van der Waals surface area contributed by atoms with Crippen LogP contribution in [-0.4, -0.2) is 66.0 Å². The fraction of sp³-hybridized carbons (Fsp3) is 0.500. The van der Waals surface area contributed by atoms with Gasteiger partial charge in [0.25, 0.3) is 11.7 Å². The summed E-state index contributed by atoms with van der Waals surface area (Å²) >= 11 is 0. The van der Waals surface area contributed by atoms with Gasteiger partial charge in [0, 0.05) is 37.8 Å². The van der Waals surface area contributed by atoms with Crippen LogP contribution in [0.2, 0.25) is 0 Å². The Balaban J connectivity index is 2.28. The predicted molar refractivity (Wildman–Crippen MR) is 119 cm³/mol. The zero-order valence-corrected chi connectivity index (χ0v) is 19.3. The van der Waals surface area contributed by atoms with E-state index in [1.165, 1.54) is 24.1 Å². The van der Waals surface area contributed by atoms with Crippen molar-refractivity contribution in [3.8, 4) is 0 Å². The number of non-ortho nitro benzene ring substituents is 1. The third kappa shape index (κ3) is 6.05. The molecule has 10 nitrogen and oxygen atoms in total. The summed E-state index contributed by atoms with van der Waals surface area (Å²) in [7, 11) is 3.12. The lowest BCUT2D eigenvalue weighted by molar-refractivity contribution is -0.384. The zero-order valence-electron chi connectivity index (χ0n) is 19.3. The van der Waals surface area contributed by atoms with Gasteiger partial charge in [-0.2, -0.15) is 0 Å². The molecule has 174 valence electrons. The number of hydrogen-bond acceptors (Lipinski definition) is 8. The van der Waals surface area contributed by atoms with E-state index in [4.69, 9.17) is 9.47 Å². The molecular formula is C22H30N4O6. The monoisotopic (exact) mass is 446 g/mol. The topological polar surface area (TPSA) is 115 Å². The fourth-order valence-electron chi connectivity index (χ4n) is 3.36. The van der Waals surface area contributed by atoms with E-state index in [0.717, 1.165) is 0 Å². The van der Waals surface area contributed by atoms with Crippen LogP contribution in [-0.2, 0) is 14.3 Å². The molecule has 1 aliphatic heterocycles. The zero-order chi connectivity index (χ0) is 24.1. The molecule has 1 heterocycles. The Labute approximate surface area is 187 Å². The summed E-state index contributed by atoms with van der Waals surface area (Å²) in [5, 5.41) is 11.3. The molecule has 2 rings (SSSR count). The molecule has 0 radical (unpaired) electrons. The molecule has 1 amide bonds. The van der Waals surface area contributed by atoms with Crippen molar-refractivity contribution < 1.29 is 24.0 Å². The maximum absolute atomic E-state index is 12.2. The average Bonchev–Trinajstić information content (AvgIpc) is 2.72. The molecule has 0 aromatic heterocycles. The molecule has 1 aliphatic rings. The van der Waals surface area contributed by atoms with Crippen molar-refractivity contribution in [3.63, 3.8) is 0 Å². The SMILES string of the molecule is COC1=NC(C)=C(C=O)C(c2cccc([N+](=O)[O-])c2)N1CCCN(C)C(=O)OC(C)(C)C. The van der Waals surface area contributed by atoms with Gasteiger partial charge in [-0.3, -0.25) is 14.9 Å². The van der Waals surface area contributed by atoms with E-state index in [2.05, 4.69) is 4.99 Å². The Morgan fingerprint density at radius 2 is 2.06 bits per heavy atom. The standard InChI is InChI=1S/C22H30N4O6/c1-15-18(14-27)19(16-9-7-10-17(13-16)26(29)30)25(20(23-15)31-6)12-8-11-24(5)21(28)32-22(2,3)4/h7,9-10,13-14,19H,8,11-12H2,1-6H3. The number of nitro benzene ring substituents is 1. The van der Waals surface area contributed by atoms with Crippen LogP contribution in [0.25, 0.3) is 0 Å². The van der Waals surface area contributed by atoms with Crippen molar-refractivity contribution in [2.75, 3.05) is 27.2 Å². The molecule has 0 N–H and O–H groups in total. The number of carbonyl (C=O) groups excluding carboxylic acids is 2. The summed E-state index contributed by atoms with van der Waals surface area (Å²) in [5.41, 5.74) is 0.784. The van der Waals surface area contributed by atoms with Crippen molar-refractivity contribution in [1.82, 2.24) is 9.80 Å². The van der Waals surface area contributed by atoms with Gasteiger partial charge in [-0.05, 0) is 39.7 Å². The van der Waals surface area contributed by atoms with Gasteiger partial charge in [-0.1, -0.05) is 12.1 Å². The van der Waals surface area contributed by atoms with E-state index in [9.17, 15) is 19.7 Å². The largest absolute Gasteiger partial charge is 0.468 e. The van der Waals surface area contributed by atoms with Gasteiger partial charge in [0.1, 0.15) is 11.9 Å². The number of methoxy groups -OCH3 is 1. The Bertz CT molecular complexity index is 935. The lowest BCUT2D eigenvalue weighted by Crippen LogP contribution is -2.42. The predicted octanol–water partition coefficient (Wildman–Crippen LogP) is 3.68. The number of ether oxygens (including phenoxy) is 2. The number of rotatable bonds is 7. The van der Waals surface area contributed by atoms with Crippen LogP contribution in [0.15, 0.2) is 40.5 Å². The number of amides is 1. The third-order valence-corrected chi connectivity index (χ3v) is 4.84. The first kappa shape index (κ1) is 24.8. The highest BCUT2D eigenvalue weighted by atomic mass is 16.6. The van der Waals surface area contributed by atoms with Crippen molar-refractivity contribution in [3.05, 3.63) is 51.2 Å². The van der Waals surface area contributed by atoms with Gasteiger partial charge in [-0.25, -0.2) is 9.79 Å². The lowest BCUT2D eigenvalue weighted by atomic mass is 9.95. The molecule has 0 saturated heterocycles. The number of hydrogen-bond donors (Lipinski definition) is 0. The van der Waals surface area contributed by atoms with Crippen molar-refractivity contribution in [2.45, 2.75) is 45.8 Å². The number of nitro groups is 1. The van der Waals surface area contributed by atoms with Gasteiger partial charge < -0.3 is 19.3 Å². The Morgan fingerprint density at radius 3 is 2.62 bits per heavy atom. The van der Waals surface area contributed by atoms with E-state index in [1.807, 2.05) is 0 Å². The van der Waals surface area contributed by atoms with Gasteiger partial charge in [-0.15, -0.1) is 0 Å². The number of nitrogens with zero attached hydrogens (tertiary/aromatic N) is 4. The van der Waals surface area contributed by atoms with E-state index < -0.39 is 22.7 Å². The maximum Gasteiger partial charge on any atom is 0.410 e. The van der Waals surface area contributed by atoms with Gasteiger partial charge in [0.05, 0.1) is 23.8 Å². The summed E-state index contributed by atoms with van der Waals surface area (Å²) < 4.78 is 10.8. The van der Waals surface area contributed by atoms with Crippen molar-refractivity contribution in [2.24, 2.45) is 4.99 Å². The summed E-state index contributed by atoms with van der Waals surface area (Å²) in [6.45, 7) is 7.87. The average molecular weight is 447 g/mol. The van der Waals surface area contributed by atoms with Crippen LogP contribution in [0.4, 0.5) is 10.5 Å². The van der Waals surface area contributed by atoms with E-state index in [0.29, 0.717) is 48.7 Å². The molecule has 0 bridgehead atoms. The second kappa shape index (κ2) is 10.3. The summed E-state index contributed by atoms with van der Waals surface area (Å²) in [6.07, 6.45) is 0.805. The lowest BCUT2D eigenvalue weighted by Gasteiger charge is -2.37. The van der Waals surface area contributed by atoms with Gasteiger partial charge in [0.2, 0.25) is 0 Å². The number of allylic oxidation sites excluding steroid dienone is 1. The summed E-state index contributed by atoms with van der Waals surface area (Å²) in [4.78, 5) is 42.6. The van der Waals surface area contributed by atoms with Crippen molar-refractivity contribution >= 4 is 24.1 Å². The number of aldehydes is 1. The molecule has 0 aliphatic carbocycles. The Hall–Kier alpha value is -3.43. The second-order valence-corrected chi connectivity index (χ2v) is 8.46. The Kier molecular flexibility index (Phi) is 7.96. The number of benzene rings is 1. The highest BCUT2D eigenvalue weighted by Crippen LogP contribution is 2.35. The molecule has 0 spiro atoms. The molecule has 1 aromatic rings. The molecule has 1 unspecified atom stereocenters. The minimum atomic E-state index is -0.605. The first-order valence-corrected chi connectivity index (χ1v) is 10.2. The summed E-state index contributed by atoms with van der Waals surface area (Å²) in [6, 6.07) is 5.84. The molecule has 0 fully saturated rings. The smallest absolute Gasteiger partial charge is 0.410 e. The van der Waals surface area contributed by atoms with Crippen LogP contribution in [0, 0.1) is 10.1 Å². The summed E-state index contributed by atoms with van der Waals surface area (Å²) in [5.74, 6) is 0. The van der Waals surface area contributed by atoms with Gasteiger partial charge in [0.15, 0.2) is 0 Å². The molecule has 0 saturated carbocycles. The minimum absolute atomic E-state index is 0.0727. The van der Waals surface area contributed by atoms with Gasteiger partial charge >= 0.3 is 6.09 Å². The van der Waals surface area contributed by atoms with Crippen LogP contribution >= 0.6 is 0 Å². The number of aliphatic imine (C=N–C) groups is 1. The maximum atomic E-state index is 12.2. The molecular weight excluding hydrogens is 416 g/mol. The normalized spacial score (nSPS) is 16.4. The van der Waals surface area contributed by atoms with Crippen LogP contribution in [0.3, 0.4) is 0 Å². The van der Waals surface area contributed by atoms with E-state index >= 15 is 0 Å². The van der Waals surface area contributed by atoms with Crippen LogP contribution < -0.4 is 0 Å². The molecule has 1 aromatic carbocycles. The highest BCUT2D eigenvalue weighted by Gasteiger charge is 2.33. The van der Waals surface area contributed by atoms with E-state index in [1.54, 1.807) is 51.8 Å². The second-order valence-electron chi connectivity index (χ2n) is 8.46. The molecule has 10 heteroatoms. The molecule has 1 atom stereocenters. The van der Waals surface area contributed by atoms with Crippen molar-refractivity contribution in [1.29, 1.82) is 0 Å². The highest BCUT2D eigenvalue weighted by molar-refractivity contribution is 5.85. The van der Waals surface area contributed by atoms with Crippen LogP contribution in [0.1, 0.15) is 45.7 Å². The Morgan fingerprint density at radius 1 is 1.38 bits per heavy atom. The number of amidine groups is 1. The first-order valence-electron chi connectivity index (χ1n) is 10.2.